The molecule has 2 aliphatic carbocycles. The van der Waals surface area contributed by atoms with Crippen LogP contribution in [0.3, 0.4) is 0 Å². The topological polar surface area (TPSA) is 16.1 Å². The third kappa shape index (κ3) is 5.25. The summed E-state index contributed by atoms with van der Waals surface area (Å²) in [5.41, 5.74) is 16.0. The Bertz CT molecular complexity index is 2140. The molecular weight excluding hydrogens is 761 g/mol. The summed E-state index contributed by atoms with van der Waals surface area (Å²) in [6.07, 6.45) is 3.23. The van der Waals surface area contributed by atoms with Crippen molar-refractivity contribution in [1.29, 1.82) is 0 Å². The summed E-state index contributed by atoms with van der Waals surface area (Å²) in [4.78, 5) is 7.39. The van der Waals surface area contributed by atoms with E-state index in [4.69, 9.17) is 4.98 Å². The van der Waals surface area contributed by atoms with E-state index in [-0.39, 0.29) is 36.4 Å². The van der Waals surface area contributed by atoms with Gasteiger partial charge in [0.05, 0.1) is 0 Å². The number of rotatable bonds is 5. The Balaban J connectivity index is 0.00000364. The van der Waals surface area contributed by atoms with E-state index in [1.54, 1.807) is 0 Å². The number of benzene rings is 5. The van der Waals surface area contributed by atoms with E-state index in [1.807, 2.05) is 6.07 Å². The van der Waals surface area contributed by atoms with Crippen molar-refractivity contribution in [3.05, 3.63) is 156 Å². The first kappa shape index (κ1) is 32.3. The van der Waals surface area contributed by atoms with Gasteiger partial charge >= 0.3 is 0 Å². The smallest absolute Gasteiger partial charge is 0.0447 e. The molecule has 0 N–H and O–H groups in total. The summed E-state index contributed by atoms with van der Waals surface area (Å²) in [5, 5.41) is 0. The van der Waals surface area contributed by atoms with Crippen molar-refractivity contribution >= 4 is 17.1 Å². The van der Waals surface area contributed by atoms with Crippen molar-refractivity contribution in [2.45, 2.75) is 64.2 Å². The average Bonchev–Trinajstić information content (AvgIpc) is 3.42. The van der Waals surface area contributed by atoms with Crippen LogP contribution in [0, 0.1) is 6.07 Å². The Morgan fingerprint density at radius 3 is 1.96 bits per heavy atom. The van der Waals surface area contributed by atoms with Crippen LogP contribution in [0.15, 0.2) is 128 Å². The molecule has 8 rings (SSSR count). The van der Waals surface area contributed by atoms with Gasteiger partial charge in [0.15, 0.2) is 0 Å². The van der Waals surface area contributed by atoms with Gasteiger partial charge in [-0.1, -0.05) is 120 Å². The van der Waals surface area contributed by atoms with E-state index >= 15 is 0 Å². The van der Waals surface area contributed by atoms with E-state index in [2.05, 4.69) is 174 Å². The minimum absolute atomic E-state index is 0. The van der Waals surface area contributed by atoms with E-state index in [1.165, 1.54) is 44.5 Å². The van der Waals surface area contributed by atoms with Gasteiger partial charge in [-0.15, -0.1) is 29.8 Å². The first-order valence-electron chi connectivity index (χ1n) is 16.8. The number of hydrogen-bond donors (Lipinski definition) is 0. The van der Waals surface area contributed by atoms with Crippen molar-refractivity contribution in [2.75, 3.05) is 4.90 Å². The number of pyridine rings is 1. The van der Waals surface area contributed by atoms with E-state index in [9.17, 15) is 0 Å². The van der Waals surface area contributed by atoms with Crippen LogP contribution >= 0.6 is 0 Å². The molecule has 0 saturated carbocycles. The Hall–Kier alpha value is -4.30. The first-order chi connectivity index (χ1) is 22.5. The van der Waals surface area contributed by atoms with Crippen LogP contribution in [-0.2, 0) is 36.4 Å². The van der Waals surface area contributed by atoms with Gasteiger partial charge in [-0.05, 0) is 97.4 Å². The molecule has 5 aromatic carbocycles. The maximum absolute atomic E-state index is 5.01. The molecule has 0 fully saturated rings. The van der Waals surface area contributed by atoms with E-state index in [0.29, 0.717) is 0 Å². The normalized spacial score (nSPS) is 16.0. The zero-order chi connectivity index (χ0) is 32.6. The molecule has 48 heavy (non-hydrogen) atoms. The monoisotopic (exact) mass is 802 g/mol. The van der Waals surface area contributed by atoms with Gasteiger partial charge in [0.1, 0.15) is 0 Å². The van der Waals surface area contributed by atoms with Crippen LogP contribution in [-0.4, -0.2) is 4.98 Å². The second kappa shape index (κ2) is 11.7. The summed E-state index contributed by atoms with van der Waals surface area (Å²) in [7, 11) is 0. The molecule has 0 atom stereocenters. The van der Waals surface area contributed by atoms with E-state index in [0.717, 1.165) is 34.7 Å². The second-order valence-electron chi connectivity index (χ2n) is 15.2. The minimum Gasteiger partial charge on any atom is -0.328 e. The molecule has 0 spiro atoms. The molecule has 2 aliphatic rings. The summed E-state index contributed by atoms with van der Waals surface area (Å²) in [6.45, 7) is 14.1. The fourth-order valence-electron chi connectivity index (χ4n) is 8.45. The van der Waals surface area contributed by atoms with Crippen LogP contribution in [0.25, 0.3) is 33.5 Å². The van der Waals surface area contributed by atoms with Crippen molar-refractivity contribution in [1.82, 2.24) is 4.98 Å². The van der Waals surface area contributed by atoms with Crippen LogP contribution in [0.4, 0.5) is 17.1 Å². The van der Waals surface area contributed by atoms with Gasteiger partial charge < -0.3 is 9.88 Å². The Labute approximate surface area is 299 Å². The van der Waals surface area contributed by atoms with Crippen LogP contribution in [0.1, 0.15) is 70.2 Å². The summed E-state index contributed by atoms with van der Waals surface area (Å²) < 4.78 is 0. The molecule has 6 aromatic rings. The van der Waals surface area contributed by atoms with Crippen molar-refractivity contribution in [2.24, 2.45) is 0 Å². The average molecular weight is 802 g/mol. The Kier molecular flexibility index (Phi) is 7.85. The standard InChI is InChI=1S/C45H41N2.Ir/c1-43(2)29-44(3,4)41-28-46-42(27-40(41)43)32-15-12-16-34(25-32)47(33-21-19-31(20-22-33)30-13-8-7-9-14-30)35-23-24-37-36-17-10-11-18-38(36)45(5,6)39(37)26-35;/h7-14,16-28H,29H2,1-6H3;/q-1;. The minimum atomic E-state index is -0.0880. The maximum Gasteiger partial charge on any atom is 0.0447 e. The molecule has 0 saturated heterocycles. The van der Waals surface area contributed by atoms with Gasteiger partial charge in [-0.2, -0.15) is 0 Å². The van der Waals surface area contributed by atoms with E-state index < -0.39 is 0 Å². The Morgan fingerprint density at radius 1 is 0.562 bits per heavy atom. The van der Waals surface area contributed by atoms with Crippen molar-refractivity contribution in [3.8, 4) is 33.5 Å². The first-order valence-corrected chi connectivity index (χ1v) is 16.8. The number of anilines is 3. The number of fused-ring (bicyclic) bond motifs is 4. The number of aromatic nitrogens is 1. The third-order valence-electron chi connectivity index (χ3n) is 10.6. The van der Waals surface area contributed by atoms with Gasteiger partial charge in [0.25, 0.3) is 0 Å². The fourth-order valence-corrected chi connectivity index (χ4v) is 8.45. The fraction of sp³-hybridized carbons (Fsp3) is 0.222. The zero-order valence-corrected chi connectivity index (χ0v) is 31.0. The molecule has 1 aromatic heterocycles. The quantitative estimate of drug-likeness (QED) is 0.161. The molecule has 0 aliphatic heterocycles. The summed E-state index contributed by atoms with van der Waals surface area (Å²) >= 11 is 0. The van der Waals surface area contributed by atoms with Crippen LogP contribution in [0.5, 0.6) is 0 Å². The maximum atomic E-state index is 5.01. The molecule has 1 heterocycles. The molecule has 1 radical (unpaired) electrons. The molecule has 0 amide bonds. The van der Waals surface area contributed by atoms with Crippen molar-refractivity contribution in [3.63, 3.8) is 0 Å². The third-order valence-corrected chi connectivity index (χ3v) is 10.6. The SMILES string of the molecule is CC1(C)CC(C)(C)c2cc(-c3[c-]ccc(N(c4ccc(-c5ccccc5)cc4)c4ccc5c(c4)C(C)(C)c4ccccc4-5)c3)ncc21.[Ir]. The molecule has 2 nitrogen and oxygen atoms in total. The number of hydrogen-bond acceptors (Lipinski definition) is 2. The Morgan fingerprint density at radius 2 is 1.19 bits per heavy atom. The predicted octanol–water partition coefficient (Wildman–Crippen LogP) is 11.9. The summed E-state index contributed by atoms with van der Waals surface area (Å²) in [6, 6.07) is 47.7. The van der Waals surface area contributed by atoms with Gasteiger partial charge in [-0.3, -0.25) is 0 Å². The van der Waals surface area contributed by atoms with Crippen LogP contribution in [0.2, 0.25) is 0 Å². The van der Waals surface area contributed by atoms with Gasteiger partial charge in [0.2, 0.25) is 0 Å². The largest absolute Gasteiger partial charge is 0.328 e. The molecular formula is C45H41IrN2-. The number of nitrogens with zero attached hydrogens (tertiary/aromatic N) is 2. The van der Waals surface area contributed by atoms with Crippen LogP contribution < -0.4 is 4.90 Å². The molecule has 0 unspecified atom stereocenters. The zero-order valence-electron chi connectivity index (χ0n) is 28.6. The molecule has 0 bridgehead atoms. The molecule has 3 heteroatoms. The molecule has 241 valence electrons. The summed E-state index contributed by atoms with van der Waals surface area (Å²) in [5.74, 6) is 0. The predicted molar refractivity (Wildman–Crippen MR) is 197 cm³/mol. The van der Waals surface area contributed by atoms with Crippen molar-refractivity contribution < 1.29 is 20.1 Å². The van der Waals surface area contributed by atoms with Gasteiger partial charge in [-0.25, -0.2) is 0 Å². The second-order valence-corrected chi connectivity index (χ2v) is 15.2. The van der Waals surface area contributed by atoms with Gasteiger partial charge in [0, 0.05) is 43.1 Å².